The Hall–Kier alpha value is -2.70. The van der Waals surface area contributed by atoms with Gasteiger partial charge in [0.05, 0.1) is 13.1 Å². The van der Waals surface area contributed by atoms with Gasteiger partial charge in [-0.05, 0) is 53.1 Å². The number of nitrogens with zero attached hydrogens (tertiary/aromatic N) is 2. The summed E-state index contributed by atoms with van der Waals surface area (Å²) in [6.07, 6.45) is 5.02. The Balaban J connectivity index is 1.44. The zero-order chi connectivity index (χ0) is 20.1. The van der Waals surface area contributed by atoms with Crippen molar-refractivity contribution in [1.29, 1.82) is 0 Å². The lowest BCUT2D eigenvalue weighted by Crippen LogP contribution is -2.27. The van der Waals surface area contributed by atoms with Crippen molar-refractivity contribution in [3.05, 3.63) is 80.7 Å². The standard InChI is InChI=1S/C23H22N2O2S2/c26-22(24(16-20-4-2-14-28-20)17-21-5-3-15-29-21)12-9-18-7-10-19(11-8-18)25-13-1-6-23(25)27/h2-5,7-12,14-15H,1,6,13,16-17H2/b12-9+. The minimum absolute atomic E-state index is 0.00871. The van der Waals surface area contributed by atoms with Crippen LogP contribution < -0.4 is 4.90 Å². The van der Waals surface area contributed by atoms with Gasteiger partial charge in [0.15, 0.2) is 0 Å². The molecule has 3 aromatic rings. The highest BCUT2D eigenvalue weighted by atomic mass is 32.1. The van der Waals surface area contributed by atoms with Gasteiger partial charge in [-0.1, -0.05) is 24.3 Å². The third-order valence-electron chi connectivity index (χ3n) is 4.86. The molecule has 29 heavy (non-hydrogen) atoms. The molecular weight excluding hydrogens is 400 g/mol. The molecule has 0 unspecified atom stereocenters. The molecule has 1 aliphatic rings. The molecule has 0 atom stereocenters. The average molecular weight is 423 g/mol. The van der Waals surface area contributed by atoms with Gasteiger partial charge in [0.25, 0.3) is 0 Å². The van der Waals surface area contributed by atoms with Crippen LogP contribution in [0.1, 0.15) is 28.2 Å². The second-order valence-corrected chi connectivity index (χ2v) is 8.99. The zero-order valence-corrected chi connectivity index (χ0v) is 17.6. The van der Waals surface area contributed by atoms with Crippen LogP contribution in [-0.2, 0) is 22.7 Å². The van der Waals surface area contributed by atoms with E-state index >= 15 is 0 Å². The molecule has 1 aliphatic heterocycles. The van der Waals surface area contributed by atoms with E-state index in [-0.39, 0.29) is 11.8 Å². The topological polar surface area (TPSA) is 40.6 Å². The van der Waals surface area contributed by atoms with Crippen LogP contribution in [-0.4, -0.2) is 23.3 Å². The Morgan fingerprint density at radius 1 is 1.00 bits per heavy atom. The van der Waals surface area contributed by atoms with Crippen molar-refractivity contribution in [3.63, 3.8) is 0 Å². The van der Waals surface area contributed by atoms with Crippen LogP contribution in [0.4, 0.5) is 5.69 Å². The van der Waals surface area contributed by atoms with Crippen molar-refractivity contribution in [3.8, 4) is 0 Å². The second-order valence-electron chi connectivity index (χ2n) is 6.93. The summed E-state index contributed by atoms with van der Waals surface area (Å²) in [5.74, 6) is 0.173. The summed E-state index contributed by atoms with van der Waals surface area (Å²) in [5.41, 5.74) is 1.87. The molecule has 2 amide bonds. The van der Waals surface area contributed by atoms with Crippen LogP contribution in [0.2, 0.25) is 0 Å². The van der Waals surface area contributed by atoms with Crippen LogP contribution in [0.25, 0.3) is 6.08 Å². The number of anilines is 1. The van der Waals surface area contributed by atoms with Gasteiger partial charge in [-0.15, -0.1) is 22.7 Å². The smallest absolute Gasteiger partial charge is 0.247 e. The highest BCUT2D eigenvalue weighted by molar-refractivity contribution is 7.10. The molecule has 0 bridgehead atoms. The molecule has 6 heteroatoms. The minimum Gasteiger partial charge on any atom is -0.329 e. The second kappa shape index (κ2) is 9.20. The number of carbonyl (C=O) groups is 2. The number of amides is 2. The van der Waals surface area contributed by atoms with E-state index in [2.05, 4.69) is 12.1 Å². The van der Waals surface area contributed by atoms with E-state index in [1.165, 1.54) is 9.75 Å². The first-order valence-electron chi connectivity index (χ1n) is 9.61. The van der Waals surface area contributed by atoms with Crippen LogP contribution in [0, 0.1) is 0 Å². The van der Waals surface area contributed by atoms with E-state index in [0.29, 0.717) is 19.5 Å². The number of benzene rings is 1. The molecule has 0 radical (unpaired) electrons. The maximum Gasteiger partial charge on any atom is 0.247 e. The molecule has 2 aromatic heterocycles. The van der Waals surface area contributed by atoms with Crippen molar-refractivity contribution < 1.29 is 9.59 Å². The summed E-state index contributed by atoms with van der Waals surface area (Å²) in [6, 6.07) is 15.9. The van der Waals surface area contributed by atoms with Gasteiger partial charge in [0.2, 0.25) is 11.8 Å². The van der Waals surface area contributed by atoms with E-state index in [9.17, 15) is 9.59 Å². The van der Waals surface area contributed by atoms with Crippen molar-refractivity contribution >= 4 is 46.3 Å². The Morgan fingerprint density at radius 2 is 1.66 bits per heavy atom. The predicted molar refractivity (Wildman–Crippen MR) is 120 cm³/mol. The Kier molecular flexibility index (Phi) is 6.22. The first-order chi connectivity index (χ1) is 14.2. The lowest BCUT2D eigenvalue weighted by atomic mass is 10.2. The molecule has 1 aromatic carbocycles. The van der Waals surface area contributed by atoms with Crippen LogP contribution >= 0.6 is 22.7 Å². The maximum atomic E-state index is 12.9. The Bertz CT molecular complexity index is 940. The van der Waals surface area contributed by atoms with Crippen molar-refractivity contribution in [1.82, 2.24) is 4.90 Å². The highest BCUT2D eigenvalue weighted by Gasteiger charge is 2.21. The maximum absolute atomic E-state index is 12.9. The summed E-state index contributed by atoms with van der Waals surface area (Å²) >= 11 is 3.33. The van der Waals surface area contributed by atoms with Crippen molar-refractivity contribution in [2.24, 2.45) is 0 Å². The van der Waals surface area contributed by atoms with Gasteiger partial charge < -0.3 is 9.80 Å². The third-order valence-corrected chi connectivity index (χ3v) is 6.58. The van der Waals surface area contributed by atoms with E-state index in [1.54, 1.807) is 28.7 Å². The number of rotatable bonds is 7. The van der Waals surface area contributed by atoms with Crippen molar-refractivity contribution in [2.75, 3.05) is 11.4 Å². The molecule has 0 saturated carbocycles. The summed E-state index contributed by atoms with van der Waals surface area (Å²) in [5, 5.41) is 4.07. The fraction of sp³-hybridized carbons (Fsp3) is 0.217. The number of hydrogen-bond donors (Lipinski definition) is 0. The third kappa shape index (κ3) is 5.02. The van der Waals surface area contributed by atoms with E-state index in [0.717, 1.165) is 24.2 Å². The SMILES string of the molecule is O=C(/C=C/c1ccc(N2CCCC2=O)cc1)N(Cc1cccs1)Cc1cccs1. The lowest BCUT2D eigenvalue weighted by molar-refractivity contribution is -0.127. The van der Waals surface area contributed by atoms with E-state index in [1.807, 2.05) is 63.0 Å². The van der Waals surface area contributed by atoms with Crippen LogP contribution in [0.15, 0.2) is 65.4 Å². The predicted octanol–water partition coefficient (Wildman–Crippen LogP) is 5.18. The van der Waals surface area contributed by atoms with Crippen molar-refractivity contribution in [2.45, 2.75) is 25.9 Å². The van der Waals surface area contributed by atoms with Gasteiger partial charge in [-0.3, -0.25) is 9.59 Å². The Labute approximate surface area is 178 Å². The summed E-state index contributed by atoms with van der Waals surface area (Å²) in [6.45, 7) is 2.00. The molecule has 0 spiro atoms. The van der Waals surface area contributed by atoms with Crippen LogP contribution in [0.3, 0.4) is 0 Å². The van der Waals surface area contributed by atoms with Gasteiger partial charge in [-0.25, -0.2) is 0 Å². The van der Waals surface area contributed by atoms with Gasteiger partial charge in [0.1, 0.15) is 0 Å². The monoisotopic (exact) mass is 422 g/mol. The largest absolute Gasteiger partial charge is 0.329 e. The number of hydrogen-bond acceptors (Lipinski definition) is 4. The fourth-order valence-electron chi connectivity index (χ4n) is 3.35. The molecule has 148 valence electrons. The molecule has 3 heterocycles. The van der Waals surface area contributed by atoms with Gasteiger partial charge >= 0.3 is 0 Å². The molecular formula is C23H22N2O2S2. The van der Waals surface area contributed by atoms with Crippen LogP contribution in [0.5, 0.6) is 0 Å². The molecule has 1 saturated heterocycles. The van der Waals surface area contributed by atoms with Gasteiger partial charge in [0, 0.05) is 34.5 Å². The average Bonchev–Trinajstić information content (AvgIpc) is 3.50. The molecule has 0 N–H and O–H groups in total. The zero-order valence-electron chi connectivity index (χ0n) is 16.0. The summed E-state index contributed by atoms with van der Waals surface area (Å²) in [7, 11) is 0. The first kappa shape index (κ1) is 19.6. The number of carbonyl (C=O) groups excluding carboxylic acids is 2. The first-order valence-corrected chi connectivity index (χ1v) is 11.4. The van der Waals surface area contributed by atoms with E-state index in [4.69, 9.17) is 0 Å². The fourth-order valence-corrected chi connectivity index (χ4v) is 4.79. The highest BCUT2D eigenvalue weighted by Crippen LogP contribution is 2.22. The molecule has 1 fully saturated rings. The molecule has 4 rings (SSSR count). The summed E-state index contributed by atoms with van der Waals surface area (Å²) < 4.78 is 0. The summed E-state index contributed by atoms with van der Waals surface area (Å²) in [4.78, 5) is 30.8. The van der Waals surface area contributed by atoms with E-state index < -0.39 is 0 Å². The molecule has 4 nitrogen and oxygen atoms in total. The van der Waals surface area contributed by atoms with Gasteiger partial charge in [-0.2, -0.15) is 0 Å². The quantitative estimate of drug-likeness (QED) is 0.492. The molecule has 0 aliphatic carbocycles. The minimum atomic E-state index is -0.00871. The Morgan fingerprint density at radius 3 is 2.17 bits per heavy atom. The lowest BCUT2D eigenvalue weighted by Gasteiger charge is -2.20. The number of thiophene rings is 2. The normalized spacial score (nSPS) is 14.1.